The molecule has 5 rings (SSSR count). The van der Waals surface area contributed by atoms with E-state index in [0.29, 0.717) is 10.7 Å². The van der Waals surface area contributed by atoms with Gasteiger partial charge in [-0.15, -0.1) is 0 Å². The number of allylic oxidation sites excluding steroid dienone is 2. The van der Waals surface area contributed by atoms with E-state index in [-0.39, 0.29) is 22.8 Å². The Morgan fingerprint density at radius 2 is 1.83 bits per heavy atom. The molecule has 0 spiro atoms. The van der Waals surface area contributed by atoms with Crippen molar-refractivity contribution in [3.8, 4) is 11.5 Å². The maximum Gasteiger partial charge on any atom is 0.261 e. The number of hydrogen-bond acceptors (Lipinski definition) is 5. The molecule has 3 atom stereocenters. The van der Waals surface area contributed by atoms with E-state index >= 15 is 0 Å². The van der Waals surface area contributed by atoms with E-state index in [0.717, 1.165) is 40.3 Å². The fourth-order valence-corrected chi connectivity index (χ4v) is 6.46. The van der Waals surface area contributed by atoms with Crippen LogP contribution in [0.2, 0.25) is 5.02 Å². The number of hydrogen-bond donors (Lipinski definition) is 2. The van der Waals surface area contributed by atoms with Gasteiger partial charge in [-0.3, -0.25) is 4.72 Å². The fourth-order valence-electron chi connectivity index (χ4n) is 5.07. The third kappa shape index (κ3) is 4.34. The molecular weight excluding hydrogens is 484 g/mol. The van der Waals surface area contributed by atoms with E-state index < -0.39 is 10.0 Å². The Bertz CT molecular complexity index is 1420. The lowest BCUT2D eigenvalue weighted by atomic mass is 9.77. The van der Waals surface area contributed by atoms with Crippen molar-refractivity contribution in [3.63, 3.8) is 0 Å². The van der Waals surface area contributed by atoms with Crippen molar-refractivity contribution >= 4 is 33.0 Å². The molecule has 182 valence electrons. The molecule has 1 heterocycles. The Hall–Kier alpha value is -3.16. The molecule has 0 saturated heterocycles. The van der Waals surface area contributed by atoms with E-state index in [4.69, 9.17) is 21.1 Å². The Morgan fingerprint density at radius 3 is 2.57 bits per heavy atom. The van der Waals surface area contributed by atoms with Crippen molar-refractivity contribution in [2.45, 2.75) is 30.2 Å². The molecule has 0 radical (unpaired) electrons. The summed E-state index contributed by atoms with van der Waals surface area (Å²) < 4.78 is 40.2. The second-order valence-electron chi connectivity index (χ2n) is 8.90. The first kappa shape index (κ1) is 23.6. The molecule has 2 N–H and O–H groups in total. The predicted octanol–water partition coefficient (Wildman–Crippen LogP) is 6.29. The van der Waals surface area contributed by atoms with Crippen LogP contribution in [0.4, 0.5) is 11.4 Å². The summed E-state index contributed by atoms with van der Waals surface area (Å²) in [4.78, 5) is 0.229. The van der Waals surface area contributed by atoms with Crippen LogP contribution in [0.25, 0.3) is 0 Å². The second-order valence-corrected chi connectivity index (χ2v) is 11.0. The van der Waals surface area contributed by atoms with Crippen LogP contribution >= 0.6 is 11.6 Å². The van der Waals surface area contributed by atoms with Gasteiger partial charge in [0.25, 0.3) is 10.0 Å². The van der Waals surface area contributed by atoms with Gasteiger partial charge in [0.15, 0.2) is 0 Å². The number of benzene rings is 3. The highest BCUT2D eigenvalue weighted by Crippen LogP contribution is 2.51. The van der Waals surface area contributed by atoms with Gasteiger partial charge in [0, 0.05) is 28.3 Å². The number of rotatable bonds is 6. The minimum absolute atomic E-state index is 0.0145. The number of sulfonamides is 1. The zero-order valence-electron chi connectivity index (χ0n) is 19.7. The molecule has 0 aromatic heterocycles. The summed E-state index contributed by atoms with van der Waals surface area (Å²) in [5.74, 6) is 1.82. The van der Waals surface area contributed by atoms with Gasteiger partial charge < -0.3 is 14.8 Å². The highest BCUT2D eigenvalue weighted by atomic mass is 35.5. The molecule has 0 amide bonds. The maximum atomic E-state index is 13.2. The van der Waals surface area contributed by atoms with Crippen molar-refractivity contribution < 1.29 is 17.9 Å². The quantitative estimate of drug-likeness (QED) is 0.381. The largest absolute Gasteiger partial charge is 0.497 e. The number of anilines is 2. The zero-order valence-corrected chi connectivity index (χ0v) is 21.3. The summed E-state index contributed by atoms with van der Waals surface area (Å²) in [7, 11) is -0.481. The smallest absolute Gasteiger partial charge is 0.261 e. The summed E-state index contributed by atoms with van der Waals surface area (Å²) in [6.45, 7) is 1.82. The first-order chi connectivity index (χ1) is 16.8. The zero-order chi connectivity index (χ0) is 24.7. The average molecular weight is 511 g/mol. The summed E-state index contributed by atoms with van der Waals surface area (Å²) in [6.07, 6.45) is 5.24. The van der Waals surface area contributed by atoms with Crippen LogP contribution in [0, 0.1) is 12.8 Å². The molecule has 0 saturated carbocycles. The lowest BCUT2D eigenvalue weighted by Gasteiger charge is -2.38. The van der Waals surface area contributed by atoms with Gasteiger partial charge in [0.1, 0.15) is 11.5 Å². The summed E-state index contributed by atoms with van der Waals surface area (Å²) in [5, 5.41) is 4.21. The van der Waals surface area contributed by atoms with Crippen LogP contribution < -0.4 is 19.5 Å². The number of aryl methyl sites for hydroxylation is 1. The molecule has 0 fully saturated rings. The van der Waals surface area contributed by atoms with Crippen LogP contribution in [0.15, 0.2) is 71.6 Å². The topological polar surface area (TPSA) is 76.7 Å². The van der Waals surface area contributed by atoms with Gasteiger partial charge in [-0.1, -0.05) is 23.8 Å². The standard InChI is InChI=1S/C27H27ClN2O4S/c1-16-13-17(28)7-11-24(16)30-35(31,32)19-9-12-25-23(15-19)20-5-4-6-21(20)27(29-25)22-10-8-18(33-2)14-26(22)34-3/h4-5,7-15,20-21,27,29-30H,6H2,1-3H3/t20-,21+,27-/m0/s1. The Balaban J connectivity index is 1.50. The van der Waals surface area contributed by atoms with Crippen molar-refractivity contribution in [1.29, 1.82) is 0 Å². The molecule has 2 aliphatic rings. The molecule has 0 unspecified atom stereocenters. The van der Waals surface area contributed by atoms with Gasteiger partial charge in [-0.05, 0) is 78.9 Å². The number of fused-ring (bicyclic) bond motifs is 3. The third-order valence-electron chi connectivity index (χ3n) is 6.85. The van der Waals surface area contributed by atoms with Gasteiger partial charge in [0.2, 0.25) is 0 Å². The fraction of sp³-hybridized carbons (Fsp3) is 0.259. The normalized spacial score (nSPS) is 20.5. The lowest BCUT2D eigenvalue weighted by Crippen LogP contribution is -2.29. The van der Waals surface area contributed by atoms with Gasteiger partial charge in [0.05, 0.1) is 30.8 Å². The van der Waals surface area contributed by atoms with E-state index in [1.807, 2.05) is 31.2 Å². The molecule has 0 bridgehead atoms. The van der Waals surface area contributed by atoms with Gasteiger partial charge in [-0.2, -0.15) is 0 Å². The van der Waals surface area contributed by atoms with E-state index in [2.05, 4.69) is 22.2 Å². The Labute approximate surface area is 211 Å². The number of methoxy groups -OCH3 is 2. The third-order valence-corrected chi connectivity index (χ3v) is 8.45. The minimum Gasteiger partial charge on any atom is -0.497 e. The first-order valence-electron chi connectivity index (χ1n) is 11.4. The van der Waals surface area contributed by atoms with Gasteiger partial charge >= 0.3 is 0 Å². The second kappa shape index (κ2) is 9.13. The predicted molar refractivity (Wildman–Crippen MR) is 139 cm³/mol. The highest BCUT2D eigenvalue weighted by molar-refractivity contribution is 7.92. The molecule has 35 heavy (non-hydrogen) atoms. The number of halogens is 1. The molecule has 8 heteroatoms. The molecule has 6 nitrogen and oxygen atoms in total. The van der Waals surface area contributed by atoms with Crippen molar-refractivity contribution in [1.82, 2.24) is 0 Å². The highest BCUT2D eigenvalue weighted by Gasteiger charge is 2.39. The SMILES string of the molecule is COc1ccc([C@H]2Nc3ccc(S(=O)(=O)Nc4ccc(Cl)cc4C)cc3[C@H]3C=CC[C@H]32)c(OC)c1. The first-order valence-corrected chi connectivity index (χ1v) is 13.2. The molecule has 3 aromatic carbocycles. The average Bonchev–Trinajstić information content (AvgIpc) is 3.35. The molecule has 1 aliphatic heterocycles. The van der Waals surface area contributed by atoms with Crippen molar-refractivity contribution in [2.24, 2.45) is 5.92 Å². The minimum atomic E-state index is -3.77. The Morgan fingerprint density at radius 1 is 1.00 bits per heavy atom. The van der Waals surface area contributed by atoms with Gasteiger partial charge in [-0.25, -0.2) is 8.42 Å². The van der Waals surface area contributed by atoms with Crippen LogP contribution in [0.5, 0.6) is 11.5 Å². The molecular formula is C27H27ClN2O4S. The van der Waals surface area contributed by atoms with E-state index in [1.165, 1.54) is 0 Å². The maximum absolute atomic E-state index is 13.2. The van der Waals surface area contributed by atoms with Crippen molar-refractivity contribution in [3.05, 3.63) is 88.5 Å². The summed E-state index contributed by atoms with van der Waals surface area (Å²) in [5.41, 5.74) is 4.21. The van der Waals surface area contributed by atoms with Crippen LogP contribution in [0.3, 0.4) is 0 Å². The Kier molecular flexibility index (Phi) is 6.15. The van der Waals surface area contributed by atoms with Crippen LogP contribution in [-0.4, -0.2) is 22.6 Å². The van der Waals surface area contributed by atoms with E-state index in [9.17, 15) is 8.42 Å². The number of ether oxygens (including phenoxy) is 2. The molecule has 3 aromatic rings. The monoisotopic (exact) mass is 510 g/mol. The number of nitrogens with one attached hydrogen (secondary N) is 2. The molecule has 1 aliphatic carbocycles. The summed E-state index contributed by atoms with van der Waals surface area (Å²) in [6, 6.07) is 16.2. The summed E-state index contributed by atoms with van der Waals surface area (Å²) >= 11 is 6.02. The van der Waals surface area contributed by atoms with Crippen LogP contribution in [0.1, 0.15) is 35.1 Å². The lowest BCUT2D eigenvalue weighted by molar-refractivity contribution is 0.372. The van der Waals surface area contributed by atoms with Crippen molar-refractivity contribution in [2.75, 3.05) is 24.3 Å². The van der Waals surface area contributed by atoms with E-state index in [1.54, 1.807) is 44.6 Å². The van der Waals surface area contributed by atoms with Crippen LogP contribution in [-0.2, 0) is 10.0 Å².